The van der Waals surface area contributed by atoms with Crippen LogP contribution in [-0.4, -0.2) is 34.2 Å². The lowest BCUT2D eigenvalue weighted by Crippen LogP contribution is -2.42. The molecule has 100 valence electrons. The molecule has 0 saturated carbocycles. The Labute approximate surface area is 111 Å². The molecule has 1 fully saturated rings. The molecule has 0 aliphatic carbocycles. The smallest absolute Gasteiger partial charge is 0.340 e. The van der Waals surface area contributed by atoms with Crippen LogP contribution in [0.3, 0.4) is 0 Å². The Morgan fingerprint density at radius 2 is 1.72 bits per heavy atom. The van der Waals surface area contributed by atoms with Gasteiger partial charge in [0.05, 0.1) is 5.92 Å². The van der Waals surface area contributed by atoms with Crippen LogP contribution in [0, 0.1) is 5.92 Å². The van der Waals surface area contributed by atoms with Gasteiger partial charge in [-0.2, -0.15) is 28.1 Å². The molecule has 1 unspecified atom stereocenters. The molecule has 0 N–H and O–H groups in total. The van der Waals surface area contributed by atoms with Crippen molar-refractivity contribution in [2.24, 2.45) is 5.92 Å². The van der Waals surface area contributed by atoms with Crippen LogP contribution in [0.1, 0.15) is 12.8 Å². The van der Waals surface area contributed by atoms with Crippen LogP contribution in [0.15, 0.2) is 0 Å². The van der Waals surface area contributed by atoms with E-state index in [1.807, 2.05) is 0 Å². The van der Waals surface area contributed by atoms with E-state index in [-0.39, 0.29) is 29.5 Å². The molecule has 1 aromatic rings. The fraction of sp³-hybridized carbons (Fsp3) is 0.667. The number of hydrogen-bond acceptors (Lipinski definition) is 4. The van der Waals surface area contributed by atoms with Gasteiger partial charge in [0.15, 0.2) is 0 Å². The molecule has 18 heavy (non-hydrogen) atoms. The van der Waals surface area contributed by atoms with Gasteiger partial charge in [-0.3, -0.25) is 0 Å². The van der Waals surface area contributed by atoms with Gasteiger partial charge in [0.1, 0.15) is 0 Å². The van der Waals surface area contributed by atoms with Gasteiger partial charge in [0.25, 0.3) is 0 Å². The quantitative estimate of drug-likeness (QED) is 0.800. The summed E-state index contributed by atoms with van der Waals surface area (Å²) in [7, 11) is 0. The van der Waals surface area contributed by atoms with Gasteiger partial charge in [-0.25, -0.2) is 0 Å². The number of nitrogens with zero attached hydrogens (tertiary/aromatic N) is 4. The summed E-state index contributed by atoms with van der Waals surface area (Å²) >= 11 is 11.2. The number of hydrogen-bond donors (Lipinski definition) is 0. The van der Waals surface area contributed by atoms with Crippen molar-refractivity contribution in [2.75, 3.05) is 18.0 Å². The van der Waals surface area contributed by atoms with E-state index in [4.69, 9.17) is 23.2 Å². The minimum Gasteiger partial charge on any atom is -0.340 e. The van der Waals surface area contributed by atoms with E-state index in [2.05, 4.69) is 15.0 Å². The van der Waals surface area contributed by atoms with Crippen molar-refractivity contribution >= 4 is 29.2 Å². The summed E-state index contributed by atoms with van der Waals surface area (Å²) in [5.41, 5.74) is 0. The minimum atomic E-state index is -4.21. The molecule has 0 amide bonds. The maximum atomic E-state index is 12.7. The zero-order chi connectivity index (χ0) is 13.3. The number of piperidine rings is 1. The molecule has 1 aliphatic rings. The summed E-state index contributed by atoms with van der Waals surface area (Å²) in [5, 5.41) is -0.252. The van der Waals surface area contributed by atoms with E-state index in [1.54, 1.807) is 0 Å². The van der Waals surface area contributed by atoms with Crippen molar-refractivity contribution in [2.45, 2.75) is 19.0 Å². The molecule has 2 rings (SSSR count). The van der Waals surface area contributed by atoms with Gasteiger partial charge in [0, 0.05) is 13.1 Å². The minimum absolute atomic E-state index is 0.0916. The van der Waals surface area contributed by atoms with E-state index in [0.717, 1.165) is 0 Å². The SMILES string of the molecule is FC(F)(F)C1CCCN(c2nc(Cl)nc(Cl)n2)C1. The highest BCUT2D eigenvalue weighted by Gasteiger charge is 2.42. The lowest BCUT2D eigenvalue weighted by Gasteiger charge is -2.33. The first kappa shape index (κ1) is 13.6. The Bertz CT molecular complexity index is 420. The van der Waals surface area contributed by atoms with E-state index in [0.29, 0.717) is 13.0 Å². The van der Waals surface area contributed by atoms with Crippen LogP contribution in [-0.2, 0) is 0 Å². The van der Waals surface area contributed by atoms with Gasteiger partial charge < -0.3 is 4.90 Å². The third-order valence-electron chi connectivity index (χ3n) is 2.74. The van der Waals surface area contributed by atoms with Gasteiger partial charge >= 0.3 is 6.18 Å². The molecule has 2 heterocycles. The lowest BCUT2D eigenvalue weighted by molar-refractivity contribution is -0.176. The highest BCUT2D eigenvalue weighted by Crippen LogP contribution is 2.34. The predicted octanol–water partition coefficient (Wildman–Crippen LogP) is 2.96. The normalized spacial score (nSPS) is 21.2. The van der Waals surface area contributed by atoms with Crippen molar-refractivity contribution < 1.29 is 13.2 Å². The molecule has 1 saturated heterocycles. The topological polar surface area (TPSA) is 41.9 Å². The molecule has 0 radical (unpaired) electrons. The maximum absolute atomic E-state index is 12.7. The second-order valence-corrected chi connectivity index (χ2v) is 4.68. The highest BCUT2D eigenvalue weighted by molar-refractivity contribution is 6.31. The van der Waals surface area contributed by atoms with Crippen molar-refractivity contribution in [3.8, 4) is 0 Å². The zero-order valence-electron chi connectivity index (χ0n) is 9.08. The first-order valence-electron chi connectivity index (χ1n) is 5.25. The van der Waals surface area contributed by atoms with Crippen molar-refractivity contribution in [1.29, 1.82) is 0 Å². The number of halogens is 5. The number of alkyl halides is 3. The first-order valence-corrected chi connectivity index (χ1v) is 6.00. The average molecular weight is 301 g/mol. The van der Waals surface area contributed by atoms with Crippen molar-refractivity contribution in [3.05, 3.63) is 10.6 Å². The molecule has 0 aromatic carbocycles. The van der Waals surface area contributed by atoms with Crippen molar-refractivity contribution in [3.63, 3.8) is 0 Å². The van der Waals surface area contributed by atoms with Gasteiger partial charge in [-0.05, 0) is 36.0 Å². The largest absolute Gasteiger partial charge is 0.393 e. The summed E-state index contributed by atoms with van der Waals surface area (Å²) in [4.78, 5) is 12.6. The van der Waals surface area contributed by atoms with Gasteiger partial charge in [-0.15, -0.1) is 0 Å². The fourth-order valence-corrected chi connectivity index (χ4v) is 2.24. The Kier molecular flexibility index (Phi) is 3.82. The Morgan fingerprint density at radius 1 is 1.11 bits per heavy atom. The summed E-state index contributed by atoms with van der Waals surface area (Å²) in [6.07, 6.45) is -3.67. The van der Waals surface area contributed by atoms with Crippen LogP contribution in [0.4, 0.5) is 19.1 Å². The summed E-state index contributed by atoms with van der Waals surface area (Å²) in [5.74, 6) is -1.28. The zero-order valence-corrected chi connectivity index (χ0v) is 10.6. The Balaban J connectivity index is 2.18. The van der Waals surface area contributed by atoms with Gasteiger partial charge in [0.2, 0.25) is 16.5 Å². The molecule has 1 aliphatic heterocycles. The third kappa shape index (κ3) is 3.14. The molecule has 1 aromatic heterocycles. The molecule has 0 spiro atoms. The molecule has 1 atom stereocenters. The maximum Gasteiger partial charge on any atom is 0.393 e. The van der Waals surface area contributed by atoms with Crippen LogP contribution < -0.4 is 4.90 Å². The molecule has 0 bridgehead atoms. The van der Waals surface area contributed by atoms with Crippen LogP contribution in [0.25, 0.3) is 0 Å². The van der Waals surface area contributed by atoms with Crippen LogP contribution in [0.2, 0.25) is 10.6 Å². The summed E-state index contributed by atoms with van der Waals surface area (Å²) < 4.78 is 38.0. The van der Waals surface area contributed by atoms with Gasteiger partial charge in [-0.1, -0.05) is 0 Å². The fourth-order valence-electron chi connectivity index (χ4n) is 1.88. The predicted molar refractivity (Wildman–Crippen MR) is 60.8 cm³/mol. The van der Waals surface area contributed by atoms with Crippen LogP contribution in [0.5, 0.6) is 0 Å². The third-order valence-corrected chi connectivity index (χ3v) is 3.07. The molecule has 4 nitrogen and oxygen atoms in total. The number of aromatic nitrogens is 3. The van der Waals surface area contributed by atoms with E-state index in [1.165, 1.54) is 4.90 Å². The monoisotopic (exact) mass is 300 g/mol. The summed E-state index contributed by atoms with van der Waals surface area (Å²) in [6.45, 7) is 0.267. The number of anilines is 1. The summed E-state index contributed by atoms with van der Waals surface area (Å²) in [6, 6.07) is 0. The standard InChI is InChI=1S/C9H9Cl2F3N4/c10-6-15-7(11)17-8(16-6)18-3-1-2-5(4-18)9(12,13)14/h5H,1-4H2. The molecular formula is C9H9Cl2F3N4. The Hall–Kier alpha value is -0.820. The number of rotatable bonds is 1. The average Bonchev–Trinajstić information content (AvgIpc) is 2.27. The second kappa shape index (κ2) is 5.05. The van der Waals surface area contributed by atoms with E-state index < -0.39 is 12.1 Å². The van der Waals surface area contributed by atoms with E-state index in [9.17, 15) is 13.2 Å². The molecular weight excluding hydrogens is 292 g/mol. The second-order valence-electron chi connectivity index (χ2n) is 4.00. The van der Waals surface area contributed by atoms with E-state index >= 15 is 0 Å². The lowest BCUT2D eigenvalue weighted by atomic mass is 9.98. The van der Waals surface area contributed by atoms with Crippen LogP contribution >= 0.6 is 23.2 Å². The first-order chi connectivity index (χ1) is 8.36. The highest BCUT2D eigenvalue weighted by atomic mass is 35.5. The Morgan fingerprint density at radius 3 is 2.28 bits per heavy atom. The molecule has 9 heteroatoms. The van der Waals surface area contributed by atoms with Crippen molar-refractivity contribution in [1.82, 2.24) is 15.0 Å².